The van der Waals surface area contributed by atoms with Crippen molar-refractivity contribution in [2.45, 2.75) is 74.4 Å². The van der Waals surface area contributed by atoms with Gasteiger partial charge < -0.3 is 68.5 Å². The number of nitrogens with one attached hydrogen (secondary N) is 7. The number of aliphatic hydroxyl groups is 2. The van der Waals surface area contributed by atoms with Gasteiger partial charge in [-0.2, -0.15) is 35.3 Å². The van der Waals surface area contributed by atoms with Gasteiger partial charge in [-0.25, -0.2) is 4.79 Å². The van der Waals surface area contributed by atoms with Crippen molar-refractivity contribution in [2.24, 2.45) is 5.73 Å². The van der Waals surface area contributed by atoms with Crippen molar-refractivity contribution in [2.75, 3.05) is 55.8 Å². The number of nitrogens with two attached hydrogens (primary N) is 1. The standard InChI is InChI=1S/C36H56N8O14S3/c1-59-11-8-21(37)30(51)38-16-28(48)39-22(9-12-60-2)31(52)43-26(17-45)35(56)41-24(14-19-4-6-20(47)7-5-19)33(54)40-23(10-13-61-3)32(53)42-25(15-29(49)50)34(55)44-27(18-46)36(57)58/h4-7,21-27,45-47H,8-18,37H2,1-3H3,(H,38,51)(H,39,48)(H,40,54)(H,41,56)(H,42,53)(H,43,52)(H,44,55)(H,49,50)(H,57,58)/t21-,22-,23-,24-,25-,26-,27-/m0/s1. The van der Waals surface area contributed by atoms with Gasteiger partial charge in [0.2, 0.25) is 41.4 Å². The van der Waals surface area contributed by atoms with E-state index in [1.807, 2.05) is 11.6 Å². The number of amides is 7. The first-order valence-electron chi connectivity index (χ1n) is 18.7. The van der Waals surface area contributed by atoms with Crippen LogP contribution >= 0.6 is 35.3 Å². The minimum atomic E-state index is -1.84. The summed E-state index contributed by atoms with van der Waals surface area (Å²) in [5.74, 6) is -8.53. The second kappa shape index (κ2) is 29.4. The van der Waals surface area contributed by atoms with Crippen LogP contribution in [0.4, 0.5) is 0 Å². The number of phenols is 1. The molecule has 0 spiro atoms. The van der Waals surface area contributed by atoms with Crippen molar-refractivity contribution in [1.29, 1.82) is 0 Å². The van der Waals surface area contributed by atoms with Crippen molar-refractivity contribution in [3.63, 3.8) is 0 Å². The van der Waals surface area contributed by atoms with Crippen LogP contribution in [0.1, 0.15) is 31.2 Å². The molecule has 0 aliphatic carbocycles. The Morgan fingerprint density at radius 3 is 1.51 bits per heavy atom. The highest BCUT2D eigenvalue weighted by molar-refractivity contribution is 7.98. The molecule has 0 unspecified atom stereocenters. The van der Waals surface area contributed by atoms with Gasteiger partial charge in [0.05, 0.1) is 32.2 Å². The Bertz CT molecular complexity index is 1640. The number of carbonyl (C=O) groups excluding carboxylic acids is 7. The third kappa shape index (κ3) is 21.0. The molecule has 0 aliphatic rings. The van der Waals surface area contributed by atoms with Gasteiger partial charge in [0.1, 0.15) is 42.0 Å². The van der Waals surface area contributed by atoms with E-state index in [2.05, 4.69) is 31.9 Å². The Hall–Kier alpha value is -4.82. The van der Waals surface area contributed by atoms with Crippen molar-refractivity contribution in [1.82, 2.24) is 37.2 Å². The van der Waals surface area contributed by atoms with E-state index in [0.717, 1.165) is 0 Å². The lowest BCUT2D eigenvalue weighted by atomic mass is 10.0. The molecule has 0 aliphatic heterocycles. The average molecular weight is 921 g/mol. The SMILES string of the molecule is CSCC[C@H](NC(=O)CNC(=O)[C@@H](N)CCSC)C(=O)N[C@@H](CO)C(=O)N[C@@H](Cc1ccc(O)cc1)C(=O)N[C@@H](CCSC)C(=O)N[C@@H](CC(=O)O)C(=O)N[C@@H](CO)C(=O)O. The lowest BCUT2D eigenvalue weighted by Gasteiger charge is -2.27. The topological polar surface area (TPSA) is 365 Å². The number of benzene rings is 1. The van der Waals surface area contributed by atoms with Crippen LogP contribution in [0.3, 0.4) is 0 Å². The molecule has 0 aromatic heterocycles. The zero-order valence-electron chi connectivity index (χ0n) is 33.8. The summed E-state index contributed by atoms with van der Waals surface area (Å²) in [5.41, 5.74) is 6.24. The van der Waals surface area contributed by atoms with Crippen LogP contribution in [0, 0.1) is 0 Å². The highest BCUT2D eigenvalue weighted by Gasteiger charge is 2.34. The van der Waals surface area contributed by atoms with Crippen LogP contribution in [-0.2, 0) is 49.6 Å². The molecule has 342 valence electrons. The molecule has 0 bridgehead atoms. The van der Waals surface area contributed by atoms with E-state index in [-0.39, 0.29) is 30.8 Å². The summed E-state index contributed by atoms with van der Waals surface area (Å²) < 4.78 is 0. The van der Waals surface area contributed by atoms with Gasteiger partial charge in [0.25, 0.3) is 0 Å². The van der Waals surface area contributed by atoms with Crippen LogP contribution in [-0.4, -0.2) is 177 Å². The van der Waals surface area contributed by atoms with Gasteiger partial charge in [-0.05, 0) is 73.0 Å². The van der Waals surface area contributed by atoms with Gasteiger partial charge >= 0.3 is 11.9 Å². The van der Waals surface area contributed by atoms with Crippen molar-refractivity contribution in [3.05, 3.63) is 29.8 Å². The fourth-order valence-corrected chi connectivity index (χ4v) is 6.56. The van der Waals surface area contributed by atoms with Crippen LogP contribution in [0.5, 0.6) is 5.75 Å². The summed E-state index contributed by atoms with van der Waals surface area (Å²) in [6.45, 7) is -2.50. The molecule has 0 saturated heterocycles. The number of carbonyl (C=O) groups is 9. The van der Waals surface area contributed by atoms with Crippen molar-refractivity contribution >= 4 is 88.6 Å². The molecule has 0 fully saturated rings. The summed E-state index contributed by atoms with van der Waals surface area (Å²) in [4.78, 5) is 115. The van der Waals surface area contributed by atoms with Gasteiger partial charge in [-0.1, -0.05) is 12.1 Å². The molecule has 22 nitrogen and oxygen atoms in total. The Kier molecular flexibility index (Phi) is 26.2. The Morgan fingerprint density at radius 1 is 0.574 bits per heavy atom. The first kappa shape index (κ1) is 54.2. The molecule has 7 amide bonds. The molecule has 0 radical (unpaired) electrons. The normalized spacial score (nSPS) is 14.3. The smallest absolute Gasteiger partial charge is 0.328 e. The number of thioether (sulfide) groups is 3. The van der Waals surface area contributed by atoms with E-state index < -0.39 is 122 Å². The lowest BCUT2D eigenvalue weighted by Crippen LogP contribution is -2.60. The fraction of sp³-hybridized carbons (Fsp3) is 0.583. The minimum Gasteiger partial charge on any atom is -0.508 e. The average Bonchev–Trinajstić information content (AvgIpc) is 3.22. The first-order valence-corrected chi connectivity index (χ1v) is 22.8. The van der Waals surface area contributed by atoms with E-state index in [0.29, 0.717) is 23.5 Å². The second-order valence-corrected chi connectivity index (χ2v) is 16.2. The molecular formula is C36H56N8O14S3. The van der Waals surface area contributed by atoms with Gasteiger partial charge in [0, 0.05) is 6.42 Å². The van der Waals surface area contributed by atoms with Gasteiger partial charge in [-0.3, -0.25) is 38.4 Å². The summed E-state index contributed by atoms with van der Waals surface area (Å²) in [6.07, 6.45) is 4.41. The van der Waals surface area contributed by atoms with Crippen LogP contribution < -0.4 is 43.0 Å². The summed E-state index contributed by atoms with van der Waals surface area (Å²) in [5, 5.41) is 64.2. The largest absolute Gasteiger partial charge is 0.508 e. The number of phenolic OH excluding ortho intramolecular Hbond substituents is 1. The highest BCUT2D eigenvalue weighted by atomic mass is 32.2. The zero-order valence-corrected chi connectivity index (χ0v) is 36.3. The van der Waals surface area contributed by atoms with E-state index in [9.17, 15) is 68.7 Å². The molecule has 14 N–H and O–H groups in total. The maximum absolute atomic E-state index is 13.9. The van der Waals surface area contributed by atoms with E-state index in [4.69, 9.17) is 5.73 Å². The number of carboxylic acid groups (broad SMARTS) is 2. The lowest BCUT2D eigenvalue weighted by molar-refractivity contribution is -0.144. The van der Waals surface area contributed by atoms with Gasteiger partial charge in [0.15, 0.2) is 0 Å². The number of rotatable bonds is 30. The molecule has 1 aromatic rings. The van der Waals surface area contributed by atoms with E-state index in [1.54, 1.807) is 12.5 Å². The third-order valence-electron chi connectivity index (χ3n) is 8.53. The number of aliphatic hydroxyl groups excluding tert-OH is 2. The predicted molar refractivity (Wildman–Crippen MR) is 227 cm³/mol. The summed E-state index contributed by atoms with van der Waals surface area (Å²) in [6, 6.07) is -4.88. The number of aromatic hydroxyl groups is 1. The van der Waals surface area contributed by atoms with Crippen molar-refractivity contribution < 1.29 is 68.7 Å². The molecule has 0 heterocycles. The molecule has 0 saturated carbocycles. The first-order chi connectivity index (χ1) is 28.9. The molecule has 1 aromatic carbocycles. The Balaban J connectivity index is 3.31. The molecule has 61 heavy (non-hydrogen) atoms. The molecule has 25 heteroatoms. The Labute approximate surface area is 364 Å². The third-order valence-corrected chi connectivity index (χ3v) is 10.5. The molecule has 1 rings (SSSR count). The fourth-order valence-electron chi connectivity index (χ4n) is 5.13. The number of hydrogen-bond acceptors (Lipinski definition) is 16. The maximum atomic E-state index is 13.9. The Morgan fingerprint density at radius 2 is 1.00 bits per heavy atom. The zero-order chi connectivity index (χ0) is 46.1. The van der Waals surface area contributed by atoms with Crippen LogP contribution in [0.15, 0.2) is 24.3 Å². The molecular weight excluding hydrogens is 865 g/mol. The summed E-state index contributed by atoms with van der Waals surface area (Å²) in [7, 11) is 0. The van der Waals surface area contributed by atoms with Crippen molar-refractivity contribution in [3.8, 4) is 5.75 Å². The van der Waals surface area contributed by atoms with E-state index in [1.165, 1.54) is 59.6 Å². The van der Waals surface area contributed by atoms with Gasteiger partial charge in [-0.15, -0.1) is 0 Å². The highest BCUT2D eigenvalue weighted by Crippen LogP contribution is 2.13. The van der Waals surface area contributed by atoms with E-state index >= 15 is 0 Å². The quantitative estimate of drug-likeness (QED) is 0.0351. The number of carboxylic acids is 2. The predicted octanol–water partition coefficient (Wildman–Crippen LogP) is -3.91. The van der Waals surface area contributed by atoms with Crippen LogP contribution in [0.2, 0.25) is 0 Å². The summed E-state index contributed by atoms with van der Waals surface area (Å²) >= 11 is 4.12. The number of hydrogen-bond donors (Lipinski definition) is 13. The molecule has 7 atom stereocenters. The second-order valence-electron chi connectivity index (χ2n) is 13.3. The minimum absolute atomic E-state index is 0.0819. The monoisotopic (exact) mass is 920 g/mol. The maximum Gasteiger partial charge on any atom is 0.328 e. The van der Waals surface area contributed by atoms with Crippen LogP contribution in [0.25, 0.3) is 0 Å². The number of aliphatic carboxylic acids is 2.